The predicted octanol–water partition coefficient (Wildman–Crippen LogP) is 0.0657. The molecule has 12 aromatic rings. The van der Waals surface area contributed by atoms with Crippen LogP contribution in [0.3, 0.4) is 0 Å². The zero-order valence-corrected chi connectivity index (χ0v) is 48.4. The van der Waals surface area contributed by atoms with Crippen molar-refractivity contribution in [1.29, 1.82) is 0 Å². The second-order valence-corrected chi connectivity index (χ2v) is 19.4. The molecule has 0 saturated heterocycles. The van der Waals surface area contributed by atoms with Crippen molar-refractivity contribution in [3.05, 3.63) is 139 Å². The SMILES string of the molecule is [3H]n1ccc(OCc2c(-n3nnn(C)c3=O)cnn2C(C)(C)C)n1.[3H]n1ccc(OCc2c(-n3nnn(C)c3=O)cnn2C(C)C)n1.[3H]n1ccc(OCc2c(-n3nnn(C)c3=O)cnn2C(F)(F)F)n1.[3H]n1ccc(OCc2c(-n3nnn(C)c3=O)cnn2C(F)F)n1. The minimum atomic E-state index is -4.82. The third-order valence-corrected chi connectivity index (χ3v) is 12.0. The molecule has 476 valence electrons. The molecule has 12 rings (SSSR count). The summed E-state index contributed by atoms with van der Waals surface area (Å²) < 4.78 is 128. The Balaban J connectivity index is 0.000000148. The van der Waals surface area contributed by atoms with Crippen LogP contribution < -0.4 is 41.7 Å². The molecule has 40 nitrogen and oxygen atoms in total. The highest BCUT2D eigenvalue weighted by Gasteiger charge is 2.37. The van der Waals surface area contributed by atoms with Gasteiger partial charge in [0.1, 0.15) is 72.0 Å². The Kier molecular flexibility index (Phi) is 16.7. The summed E-state index contributed by atoms with van der Waals surface area (Å²) in [6, 6.07) is 5.93. The number of nitrogens with one attached hydrogen (secondary N) is 4. The zero-order valence-electron chi connectivity index (χ0n) is 52.4. The highest BCUT2D eigenvalue weighted by atomic mass is 19.4. The molecule has 0 atom stereocenters. The van der Waals surface area contributed by atoms with Crippen molar-refractivity contribution in [2.45, 2.75) is 85.5 Å². The summed E-state index contributed by atoms with van der Waals surface area (Å²) >= 11 is 0. The smallest absolute Gasteiger partial charge is 0.470 e. The van der Waals surface area contributed by atoms with Gasteiger partial charge < -0.3 is 18.9 Å². The maximum atomic E-state index is 13.1. The minimum Gasteiger partial charge on any atom is -0.470 e. The maximum Gasteiger partial charge on any atom is 0.504 e. The molecule has 0 aromatic carbocycles. The van der Waals surface area contributed by atoms with Crippen molar-refractivity contribution in [3.63, 3.8) is 0 Å². The first-order chi connectivity index (χ1) is 44.5. The van der Waals surface area contributed by atoms with Crippen LogP contribution in [0.2, 0.25) is 5.65 Å². The normalized spacial score (nSPS) is 12.2. The molecule has 45 heteroatoms. The molecule has 0 aliphatic carbocycles. The average Bonchev–Trinajstić information content (AvgIpc) is 1.66. The average molecular weight is 1270 g/mol. The molecule has 0 aliphatic rings. The number of hydrogen-bond acceptors (Lipinski definition) is 24. The lowest BCUT2D eigenvalue weighted by Crippen LogP contribution is -2.28. The standard InChI is InChI=1S/C13H18N8O2.C12H16N8O2.C10H9F3N8O2.C10H10F2N8O2/c1-13(2,3)21-10(8-23-11-5-6-14-16-11)9(7-15-21)20-12(22)19(4)17-18-20;1-8(2)19-10(7-22-11-4-5-13-15-11)9(6-14-19)20-12(21)18(3)16-17-20;1-19-9(22)20(18-17-19)6-4-15-21(10(11,12)13)7(6)5-23-8-2-3-14-16-8;1-18-10(21)20(17-16-18)6-4-14-19(9(11)12)7(6)5-22-8-2-3-13-15-8/h5-7H,8H2,1-4H3,(H,14,16);4-6,8H,7H2,1-3H3,(H,13,15);2-4H,5H2,1H3,(H,14,16);2-4,9H,5H2,1H3,(H,13,15)/i/hT4. The number of halogens is 5. The van der Waals surface area contributed by atoms with Gasteiger partial charge in [0.25, 0.3) is 0 Å². The molecule has 4 N–H and O–H groups in total. The number of rotatable bonds is 18. The second kappa shape index (κ2) is 26.3. The van der Waals surface area contributed by atoms with Crippen molar-refractivity contribution in [2.75, 3.05) is 0 Å². The Morgan fingerprint density at radius 1 is 0.456 bits per heavy atom. The summed E-state index contributed by atoms with van der Waals surface area (Å²) in [6.45, 7) is 6.29. The molecule has 12 heterocycles. The van der Waals surface area contributed by atoms with E-state index in [1.54, 1.807) is 33.9 Å². The summed E-state index contributed by atoms with van der Waals surface area (Å²) in [4.78, 5) is 47.9. The Morgan fingerprint density at radius 3 is 1.02 bits per heavy atom. The van der Waals surface area contributed by atoms with Gasteiger partial charge in [0.2, 0.25) is 23.5 Å². The van der Waals surface area contributed by atoms with Crippen LogP contribution in [0.5, 0.6) is 23.5 Å². The molecular weight excluding hydrogens is 1210 g/mol. The number of nitrogens with zero attached hydrogens (tertiary/aromatic N) is 28. The highest BCUT2D eigenvalue weighted by Crippen LogP contribution is 2.28. The van der Waals surface area contributed by atoms with Gasteiger partial charge in [-0.25, -0.2) is 23.9 Å². The van der Waals surface area contributed by atoms with Crippen molar-refractivity contribution in [1.82, 2.24) is 159 Å². The fourth-order valence-electron chi connectivity index (χ4n) is 7.77. The van der Waals surface area contributed by atoms with Gasteiger partial charge in [0, 0.05) is 83.3 Å². The first-order valence-corrected chi connectivity index (χ1v) is 25.8. The Hall–Kier alpha value is -12.0. The summed E-state index contributed by atoms with van der Waals surface area (Å²) in [5.74, 6) is 0.634. The van der Waals surface area contributed by atoms with E-state index >= 15 is 0 Å². The molecule has 12 aromatic heterocycles. The highest BCUT2D eigenvalue weighted by molar-refractivity contribution is 5.36. The van der Waals surface area contributed by atoms with Crippen molar-refractivity contribution >= 4 is 0 Å². The first kappa shape index (κ1) is 57.1. The van der Waals surface area contributed by atoms with Gasteiger partial charge in [-0.15, -0.1) is 33.6 Å². The number of aromatic amines is 4. The largest absolute Gasteiger partial charge is 0.504 e. The van der Waals surface area contributed by atoms with E-state index in [2.05, 4.69) is 82.5 Å². The summed E-state index contributed by atoms with van der Waals surface area (Å²) in [5, 5.41) is 62.8. The predicted molar refractivity (Wildman–Crippen MR) is 289 cm³/mol. The van der Waals surface area contributed by atoms with Crippen molar-refractivity contribution in [3.8, 4) is 46.3 Å². The lowest BCUT2D eigenvalue weighted by atomic mass is 10.1. The van der Waals surface area contributed by atoms with Gasteiger partial charge in [-0.1, -0.05) is 0 Å². The van der Waals surface area contributed by atoms with E-state index in [9.17, 15) is 41.1 Å². The van der Waals surface area contributed by atoms with Crippen LogP contribution in [-0.2, 0) is 66.5 Å². The van der Waals surface area contributed by atoms with Gasteiger partial charge in [-0.3, -0.25) is 29.7 Å². The van der Waals surface area contributed by atoms with E-state index in [1.165, 1.54) is 74.5 Å². The Bertz CT molecular complexity index is 4480. The Morgan fingerprint density at radius 2 is 0.744 bits per heavy atom. The number of tetrazole rings is 4. The Labute approximate surface area is 503 Å². The molecule has 0 radical (unpaired) electrons. The monoisotopic (exact) mass is 1270 g/mol. The molecule has 0 bridgehead atoms. The molecule has 0 fully saturated rings. The maximum absolute atomic E-state index is 13.1. The number of H-pyrrole nitrogens is 4. The lowest BCUT2D eigenvalue weighted by molar-refractivity contribution is -0.214. The summed E-state index contributed by atoms with van der Waals surface area (Å²) in [7, 11) is 5.73. The van der Waals surface area contributed by atoms with E-state index in [1.807, 2.05) is 34.6 Å². The van der Waals surface area contributed by atoms with Crippen molar-refractivity contribution < 1.29 is 46.5 Å². The van der Waals surface area contributed by atoms with Gasteiger partial charge in [-0.05, 0) is 76.3 Å². The van der Waals surface area contributed by atoms with Crippen LogP contribution in [0.25, 0.3) is 22.7 Å². The molecule has 0 saturated carbocycles. The lowest BCUT2D eigenvalue weighted by Gasteiger charge is -2.22. The van der Waals surface area contributed by atoms with Crippen LogP contribution in [-0.4, -0.2) is 159 Å². The fourth-order valence-corrected chi connectivity index (χ4v) is 7.77. The van der Waals surface area contributed by atoms with Gasteiger partial charge in [0.05, 0.1) is 30.3 Å². The van der Waals surface area contributed by atoms with Crippen LogP contribution >= 0.6 is 0 Å². The number of aromatic nitrogens is 32. The topological polar surface area (TPSA) is 434 Å². The molecule has 0 spiro atoms. The summed E-state index contributed by atoms with van der Waals surface area (Å²) in [6.07, 6.45) is 5.68. The van der Waals surface area contributed by atoms with Crippen molar-refractivity contribution in [2.24, 2.45) is 28.2 Å². The second-order valence-electron chi connectivity index (χ2n) is 19.4. The third-order valence-electron chi connectivity index (χ3n) is 12.0. The van der Waals surface area contributed by atoms with Gasteiger partial charge >= 0.3 is 35.6 Å². The van der Waals surface area contributed by atoms with E-state index in [4.69, 9.17) is 24.6 Å². The van der Waals surface area contributed by atoms with E-state index in [0.717, 1.165) is 51.1 Å². The van der Waals surface area contributed by atoms with E-state index in [0.29, 0.717) is 49.0 Å². The van der Waals surface area contributed by atoms with Gasteiger partial charge in [0.15, 0.2) is 5.65 Å². The van der Waals surface area contributed by atoms with Crippen LogP contribution in [0.4, 0.5) is 22.0 Å². The van der Waals surface area contributed by atoms with Gasteiger partial charge in [-0.2, -0.15) is 71.3 Å². The summed E-state index contributed by atoms with van der Waals surface area (Å²) in [5.41, 5.74) is -0.857. The third kappa shape index (κ3) is 13.8. The van der Waals surface area contributed by atoms with E-state index in [-0.39, 0.29) is 76.3 Å². The molecule has 0 unspecified atom stereocenters. The molecule has 0 aliphatic heterocycles. The van der Waals surface area contributed by atoms with Crippen LogP contribution in [0, 0.1) is 0 Å². The number of hydrogen-bond donors (Lipinski definition) is 4. The molecular formula is C45H53F5N32O8. The van der Waals surface area contributed by atoms with E-state index < -0.39 is 36.5 Å². The molecule has 90 heavy (non-hydrogen) atoms. The molecule has 0 amide bonds. The minimum absolute atomic E-state index is 0.0220. The fraction of sp³-hybridized carbons (Fsp3) is 0.378. The number of ether oxygens (including phenoxy) is 4. The van der Waals surface area contributed by atoms with Crippen LogP contribution in [0.15, 0.2) is 93.0 Å². The quantitative estimate of drug-likeness (QED) is 0.0826. The zero-order chi connectivity index (χ0) is 68.1. The number of aryl methyl sites for hydroxylation is 4. The first-order valence-electron chi connectivity index (χ1n) is 27.6. The van der Waals surface area contributed by atoms with Crippen LogP contribution in [0.1, 0.15) is 70.0 Å². The number of alkyl halides is 5.